The summed E-state index contributed by atoms with van der Waals surface area (Å²) in [6, 6.07) is 5.47. The second-order valence-corrected chi connectivity index (χ2v) is 5.81. The van der Waals surface area contributed by atoms with Crippen molar-refractivity contribution in [2.24, 2.45) is 0 Å². The SMILES string of the molecule is Cc1noc(C)c1CCC(=O)NCCNc1ccc(-n2cccn2)nn1. The molecule has 0 fully saturated rings. The van der Waals surface area contributed by atoms with Gasteiger partial charge in [0.2, 0.25) is 5.91 Å². The molecule has 2 N–H and O–H groups in total. The zero-order chi connectivity index (χ0) is 18.4. The molecule has 0 aromatic carbocycles. The number of hydrogen-bond acceptors (Lipinski definition) is 7. The third-order valence-corrected chi connectivity index (χ3v) is 3.93. The summed E-state index contributed by atoms with van der Waals surface area (Å²) in [6.45, 7) is 4.80. The van der Waals surface area contributed by atoms with Crippen molar-refractivity contribution in [2.45, 2.75) is 26.7 Å². The molecule has 0 saturated carbocycles. The Balaban J connectivity index is 1.36. The van der Waals surface area contributed by atoms with Crippen molar-refractivity contribution in [3.63, 3.8) is 0 Å². The molecule has 0 radical (unpaired) electrons. The van der Waals surface area contributed by atoms with E-state index in [1.54, 1.807) is 17.1 Å². The second kappa shape index (κ2) is 8.24. The number of rotatable bonds is 8. The van der Waals surface area contributed by atoms with Gasteiger partial charge in [-0.1, -0.05) is 5.16 Å². The van der Waals surface area contributed by atoms with E-state index < -0.39 is 0 Å². The van der Waals surface area contributed by atoms with Crippen molar-refractivity contribution in [2.75, 3.05) is 18.4 Å². The second-order valence-electron chi connectivity index (χ2n) is 5.81. The monoisotopic (exact) mass is 355 g/mol. The molecule has 0 aliphatic heterocycles. The van der Waals surface area contributed by atoms with Crippen LogP contribution in [0.2, 0.25) is 0 Å². The molecule has 3 heterocycles. The summed E-state index contributed by atoms with van der Waals surface area (Å²) >= 11 is 0. The predicted molar refractivity (Wildman–Crippen MR) is 95.0 cm³/mol. The Morgan fingerprint density at radius 2 is 2.12 bits per heavy atom. The van der Waals surface area contributed by atoms with Gasteiger partial charge in [-0.25, -0.2) is 4.68 Å². The van der Waals surface area contributed by atoms with E-state index in [-0.39, 0.29) is 5.91 Å². The quantitative estimate of drug-likeness (QED) is 0.588. The zero-order valence-electron chi connectivity index (χ0n) is 14.8. The van der Waals surface area contributed by atoms with Gasteiger partial charge < -0.3 is 15.2 Å². The van der Waals surface area contributed by atoms with E-state index in [0.29, 0.717) is 37.6 Å². The van der Waals surface area contributed by atoms with Gasteiger partial charge in [-0.3, -0.25) is 4.79 Å². The average Bonchev–Trinajstić information content (AvgIpc) is 3.28. The average molecular weight is 355 g/mol. The van der Waals surface area contributed by atoms with Gasteiger partial charge in [0.1, 0.15) is 11.6 Å². The minimum Gasteiger partial charge on any atom is -0.367 e. The van der Waals surface area contributed by atoms with Crippen molar-refractivity contribution in [1.82, 2.24) is 30.5 Å². The molecule has 26 heavy (non-hydrogen) atoms. The van der Waals surface area contributed by atoms with Crippen LogP contribution in [0, 0.1) is 13.8 Å². The molecule has 0 aliphatic rings. The Kier molecular flexibility index (Phi) is 5.57. The molecule has 0 atom stereocenters. The number of nitrogens with one attached hydrogen (secondary N) is 2. The molecule has 3 aromatic heterocycles. The minimum absolute atomic E-state index is 0.00749. The lowest BCUT2D eigenvalue weighted by Crippen LogP contribution is -2.29. The fourth-order valence-electron chi connectivity index (χ4n) is 2.52. The topological polar surface area (TPSA) is 111 Å². The van der Waals surface area contributed by atoms with Crippen LogP contribution in [0.5, 0.6) is 0 Å². The molecule has 136 valence electrons. The fraction of sp³-hybridized carbons (Fsp3) is 0.353. The van der Waals surface area contributed by atoms with Gasteiger partial charge in [0.25, 0.3) is 0 Å². The Morgan fingerprint density at radius 1 is 1.23 bits per heavy atom. The lowest BCUT2D eigenvalue weighted by atomic mass is 10.1. The van der Waals surface area contributed by atoms with E-state index in [4.69, 9.17) is 4.52 Å². The highest BCUT2D eigenvalue weighted by molar-refractivity contribution is 5.76. The van der Waals surface area contributed by atoms with Crippen LogP contribution in [-0.4, -0.2) is 44.1 Å². The summed E-state index contributed by atoms with van der Waals surface area (Å²) in [5.74, 6) is 2.06. The van der Waals surface area contributed by atoms with E-state index in [1.807, 2.05) is 32.0 Å². The van der Waals surface area contributed by atoms with Crippen molar-refractivity contribution in [3.05, 3.63) is 47.6 Å². The molecule has 0 spiro atoms. The number of carbonyl (C=O) groups excluding carboxylic acids is 1. The zero-order valence-corrected chi connectivity index (χ0v) is 14.8. The molecule has 0 unspecified atom stereocenters. The van der Waals surface area contributed by atoms with Crippen LogP contribution >= 0.6 is 0 Å². The van der Waals surface area contributed by atoms with Crippen LogP contribution in [0.15, 0.2) is 35.1 Å². The van der Waals surface area contributed by atoms with Gasteiger partial charge in [0.15, 0.2) is 5.82 Å². The van der Waals surface area contributed by atoms with Crippen molar-refractivity contribution in [1.29, 1.82) is 0 Å². The molecule has 9 heteroatoms. The Bertz CT molecular complexity index is 821. The van der Waals surface area contributed by atoms with Crippen LogP contribution in [-0.2, 0) is 11.2 Å². The summed E-state index contributed by atoms with van der Waals surface area (Å²) in [6.07, 6.45) is 4.51. The van der Waals surface area contributed by atoms with Crippen LogP contribution < -0.4 is 10.6 Å². The summed E-state index contributed by atoms with van der Waals surface area (Å²) < 4.78 is 6.73. The molecule has 9 nitrogen and oxygen atoms in total. The maximum atomic E-state index is 11.9. The number of hydrogen-bond donors (Lipinski definition) is 2. The number of amides is 1. The fourth-order valence-corrected chi connectivity index (χ4v) is 2.52. The molecule has 0 aliphatic carbocycles. The minimum atomic E-state index is -0.00749. The lowest BCUT2D eigenvalue weighted by molar-refractivity contribution is -0.120. The first-order chi connectivity index (χ1) is 12.6. The summed E-state index contributed by atoms with van der Waals surface area (Å²) in [5, 5.41) is 22.2. The predicted octanol–water partition coefficient (Wildman–Crippen LogP) is 1.43. The lowest BCUT2D eigenvalue weighted by Gasteiger charge is -2.07. The summed E-state index contributed by atoms with van der Waals surface area (Å²) in [5.41, 5.74) is 1.85. The Labute approximate surface area is 150 Å². The van der Waals surface area contributed by atoms with E-state index in [0.717, 1.165) is 17.0 Å². The van der Waals surface area contributed by atoms with Gasteiger partial charge >= 0.3 is 0 Å². The first-order valence-corrected chi connectivity index (χ1v) is 8.39. The highest BCUT2D eigenvalue weighted by atomic mass is 16.5. The Hall–Kier alpha value is -3.23. The first-order valence-electron chi connectivity index (χ1n) is 8.39. The Morgan fingerprint density at radius 3 is 2.77 bits per heavy atom. The highest BCUT2D eigenvalue weighted by Crippen LogP contribution is 2.14. The highest BCUT2D eigenvalue weighted by Gasteiger charge is 2.10. The number of anilines is 1. The first kappa shape index (κ1) is 17.6. The van der Waals surface area contributed by atoms with Crippen LogP contribution in [0.1, 0.15) is 23.4 Å². The summed E-state index contributed by atoms with van der Waals surface area (Å²) in [7, 11) is 0. The van der Waals surface area contributed by atoms with Crippen molar-refractivity contribution >= 4 is 11.7 Å². The molecular weight excluding hydrogens is 334 g/mol. The number of nitrogens with zero attached hydrogens (tertiary/aromatic N) is 5. The normalized spacial score (nSPS) is 10.7. The maximum Gasteiger partial charge on any atom is 0.220 e. The van der Waals surface area contributed by atoms with E-state index >= 15 is 0 Å². The van der Waals surface area contributed by atoms with Gasteiger partial charge in [0, 0.05) is 37.5 Å². The maximum absolute atomic E-state index is 11.9. The van der Waals surface area contributed by atoms with E-state index in [1.165, 1.54) is 0 Å². The van der Waals surface area contributed by atoms with Gasteiger partial charge in [-0.2, -0.15) is 5.10 Å². The van der Waals surface area contributed by atoms with E-state index in [9.17, 15) is 4.79 Å². The number of carbonyl (C=O) groups is 1. The molecule has 3 aromatic rings. The summed E-state index contributed by atoms with van der Waals surface area (Å²) in [4.78, 5) is 11.9. The molecule has 3 rings (SSSR count). The van der Waals surface area contributed by atoms with Gasteiger partial charge in [0.05, 0.1) is 5.69 Å². The smallest absolute Gasteiger partial charge is 0.220 e. The van der Waals surface area contributed by atoms with Gasteiger partial charge in [-0.05, 0) is 38.5 Å². The third kappa shape index (κ3) is 4.44. The van der Waals surface area contributed by atoms with Crippen LogP contribution in [0.25, 0.3) is 5.82 Å². The standard InChI is InChI=1S/C17H21N7O2/c1-12-14(13(2)26-23-12)4-7-17(25)19-10-9-18-15-5-6-16(22-21-15)24-11-3-8-20-24/h3,5-6,8,11H,4,7,9-10H2,1-2H3,(H,18,21)(H,19,25). The third-order valence-electron chi connectivity index (χ3n) is 3.93. The molecule has 0 saturated heterocycles. The van der Waals surface area contributed by atoms with E-state index in [2.05, 4.69) is 31.1 Å². The van der Waals surface area contributed by atoms with Crippen LogP contribution in [0.4, 0.5) is 5.82 Å². The molecule has 0 bridgehead atoms. The number of aromatic nitrogens is 5. The molecule has 1 amide bonds. The largest absolute Gasteiger partial charge is 0.367 e. The molecular formula is C17H21N7O2. The van der Waals surface area contributed by atoms with Crippen molar-refractivity contribution < 1.29 is 9.32 Å². The van der Waals surface area contributed by atoms with Crippen LogP contribution in [0.3, 0.4) is 0 Å². The van der Waals surface area contributed by atoms with Gasteiger partial charge in [-0.15, -0.1) is 10.2 Å². The number of aryl methyl sites for hydroxylation is 2. The van der Waals surface area contributed by atoms with Crippen molar-refractivity contribution in [3.8, 4) is 5.82 Å².